The van der Waals surface area contributed by atoms with E-state index in [1.54, 1.807) is 0 Å². The van der Waals surface area contributed by atoms with Crippen molar-refractivity contribution in [3.8, 4) is 0 Å². The number of carboxylic acid groups (broad SMARTS) is 1. The lowest BCUT2D eigenvalue weighted by molar-refractivity contribution is -0.172. The Morgan fingerprint density at radius 2 is 1.75 bits per heavy atom. The fourth-order valence-electron chi connectivity index (χ4n) is 1.21. The van der Waals surface area contributed by atoms with Gasteiger partial charge in [-0.2, -0.15) is 0 Å². The number of rotatable bonds is 8. The Labute approximate surface area is 118 Å². The fourth-order valence-corrected chi connectivity index (χ4v) is 1.21. The molecule has 0 amide bonds. The molecule has 0 aliphatic carbocycles. The number of esters is 2. The molecule has 0 heterocycles. The van der Waals surface area contributed by atoms with Crippen molar-refractivity contribution in [1.29, 1.82) is 0 Å². The van der Waals surface area contributed by atoms with Crippen molar-refractivity contribution in [3.05, 3.63) is 0 Å². The molecule has 3 N–H and O–H groups in total. The minimum atomic E-state index is -2.15. The maximum absolute atomic E-state index is 11.7. The fraction of sp³-hybridized carbons (Fsp3) is 0.769. The van der Waals surface area contributed by atoms with Gasteiger partial charge in [0.2, 0.25) is 5.54 Å². The van der Waals surface area contributed by atoms with Gasteiger partial charge in [-0.25, -0.2) is 9.59 Å². The van der Waals surface area contributed by atoms with Gasteiger partial charge in [0.15, 0.2) is 0 Å². The number of hydrogen-bond donors (Lipinski definition) is 2. The summed E-state index contributed by atoms with van der Waals surface area (Å²) in [7, 11) is 0. The zero-order valence-electron chi connectivity index (χ0n) is 12.4. The maximum atomic E-state index is 11.7. The van der Waals surface area contributed by atoms with Gasteiger partial charge in [-0.05, 0) is 27.2 Å². The average Bonchev–Trinajstić information content (AvgIpc) is 2.27. The second kappa shape index (κ2) is 7.23. The number of nitrogens with two attached hydrogens (primary N) is 1. The number of carboxylic acids is 1. The SMILES string of the molecule is CCCCOC(=O)CC(C)(C)OC(=O)[C@@](C)(N)C(=O)O. The highest BCUT2D eigenvalue weighted by molar-refractivity contribution is 6.03. The van der Waals surface area contributed by atoms with E-state index in [2.05, 4.69) is 0 Å². The molecule has 20 heavy (non-hydrogen) atoms. The smallest absolute Gasteiger partial charge is 0.338 e. The zero-order chi connectivity index (χ0) is 16.0. The summed E-state index contributed by atoms with van der Waals surface area (Å²) >= 11 is 0. The molecule has 0 rings (SSSR count). The third kappa shape index (κ3) is 6.01. The summed E-state index contributed by atoms with van der Waals surface area (Å²) in [4.78, 5) is 34.0. The molecule has 0 aromatic rings. The van der Waals surface area contributed by atoms with E-state index in [9.17, 15) is 14.4 Å². The molecule has 0 spiro atoms. The van der Waals surface area contributed by atoms with Crippen LogP contribution in [0.25, 0.3) is 0 Å². The zero-order valence-corrected chi connectivity index (χ0v) is 12.4. The monoisotopic (exact) mass is 289 g/mol. The number of ether oxygens (including phenoxy) is 2. The summed E-state index contributed by atoms with van der Waals surface area (Å²) in [5, 5.41) is 8.82. The van der Waals surface area contributed by atoms with Crippen molar-refractivity contribution in [3.63, 3.8) is 0 Å². The summed E-state index contributed by atoms with van der Waals surface area (Å²) in [5.74, 6) is -3.11. The number of aliphatic carboxylic acids is 1. The van der Waals surface area contributed by atoms with Gasteiger partial charge in [-0.15, -0.1) is 0 Å². The lowest BCUT2D eigenvalue weighted by atomic mass is 10.0. The van der Waals surface area contributed by atoms with Crippen LogP contribution in [0.1, 0.15) is 47.0 Å². The summed E-state index contributed by atoms with van der Waals surface area (Å²) in [6, 6.07) is 0. The van der Waals surface area contributed by atoms with Crippen LogP contribution in [-0.4, -0.2) is 40.8 Å². The van der Waals surface area contributed by atoms with Crippen molar-refractivity contribution >= 4 is 17.9 Å². The van der Waals surface area contributed by atoms with E-state index in [4.69, 9.17) is 20.3 Å². The number of unbranched alkanes of at least 4 members (excludes halogenated alkanes) is 1. The maximum Gasteiger partial charge on any atom is 0.338 e. The summed E-state index contributed by atoms with van der Waals surface area (Å²) < 4.78 is 9.95. The van der Waals surface area contributed by atoms with Crippen LogP contribution in [0.2, 0.25) is 0 Å². The van der Waals surface area contributed by atoms with E-state index < -0.39 is 29.0 Å². The first-order chi connectivity index (χ1) is 9.03. The van der Waals surface area contributed by atoms with E-state index in [0.717, 1.165) is 19.8 Å². The number of hydrogen-bond acceptors (Lipinski definition) is 6. The third-order valence-electron chi connectivity index (χ3n) is 2.57. The molecule has 0 saturated carbocycles. The summed E-state index contributed by atoms with van der Waals surface area (Å²) in [6.45, 7) is 6.29. The van der Waals surface area contributed by atoms with Crippen LogP contribution in [-0.2, 0) is 23.9 Å². The molecule has 7 heteroatoms. The number of carbonyl (C=O) groups is 3. The Morgan fingerprint density at radius 1 is 1.20 bits per heavy atom. The van der Waals surface area contributed by atoms with Crippen molar-refractivity contribution < 1.29 is 29.0 Å². The van der Waals surface area contributed by atoms with Crippen LogP contribution in [0.5, 0.6) is 0 Å². The normalized spacial score (nSPS) is 14.2. The van der Waals surface area contributed by atoms with Crippen LogP contribution >= 0.6 is 0 Å². The second-order valence-electron chi connectivity index (χ2n) is 5.41. The van der Waals surface area contributed by atoms with Crippen LogP contribution < -0.4 is 5.73 Å². The Bertz CT molecular complexity index is 375. The van der Waals surface area contributed by atoms with Crippen LogP contribution in [0.3, 0.4) is 0 Å². The van der Waals surface area contributed by atoms with Gasteiger partial charge in [-0.3, -0.25) is 4.79 Å². The van der Waals surface area contributed by atoms with E-state index in [1.165, 1.54) is 13.8 Å². The van der Waals surface area contributed by atoms with Crippen LogP contribution in [0, 0.1) is 0 Å². The predicted octanol–water partition coefficient (Wildman–Crippen LogP) is 0.844. The Hall–Kier alpha value is -1.63. The molecule has 0 aliphatic heterocycles. The first-order valence-electron chi connectivity index (χ1n) is 6.44. The summed E-state index contributed by atoms with van der Waals surface area (Å²) in [6.07, 6.45) is 1.49. The lowest BCUT2D eigenvalue weighted by Crippen LogP contribution is -2.55. The summed E-state index contributed by atoms with van der Waals surface area (Å²) in [5.41, 5.74) is 2.02. The first-order valence-corrected chi connectivity index (χ1v) is 6.44. The van der Waals surface area contributed by atoms with E-state index >= 15 is 0 Å². The highest BCUT2D eigenvalue weighted by atomic mass is 16.6. The van der Waals surface area contributed by atoms with Crippen molar-refractivity contribution in [1.82, 2.24) is 0 Å². The first kappa shape index (κ1) is 18.4. The van der Waals surface area contributed by atoms with Gasteiger partial charge >= 0.3 is 17.9 Å². The van der Waals surface area contributed by atoms with Gasteiger partial charge in [-0.1, -0.05) is 13.3 Å². The highest BCUT2D eigenvalue weighted by Crippen LogP contribution is 2.18. The molecule has 0 aromatic carbocycles. The van der Waals surface area contributed by atoms with E-state index in [-0.39, 0.29) is 6.42 Å². The molecule has 0 aromatic heterocycles. The molecule has 0 fully saturated rings. The molecule has 0 saturated heterocycles. The lowest BCUT2D eigenvalue weighted by Gasteiger charge is -2.28. The quantitative estimate of drug-likeness (QED) is 0.386. The van der Waals surface area contributed by atoms with Crippen molar-refractivity contribution in [2.45, 2.75) is 58.1 Å². The Kier molecular flexibility index (Phi) is 6.64. The van der Waals surface area contributed by atoms with Crippen molar-refractivity contribution in [2.24, 2.45) is 5.73 Å². The molecule has 0 unspecified atom stereocenters. The van der Waals surface area contributed by atoms with Gasteiger partial charge in [0.25, 0.3) is 0 Å². The van der Waals surface area contributed by atoms with Gasteiger partial charge in [0.05, 0.1) is 13.0 Å². The minimum Gasteiger partial charge on any atom is -0.479 e. The van der Waals surface area contributed by atoms with Gasteiger partial charge < -0.3 is 20.3 Å². The van der Waals surface area contributed by atoms with Gasteiger partial charge in [0.1, 0.15) is 5.60 Å². The third-order valence-corrected chi connectivity index (χ3v) is 2.57. The largest absolute Gasteiger partial charge is 0.479 e. The van der Waals surface area contributed by atoms with E-state index in [1.807, 2.05) is 6.92 Å². The van der Waals surface area contributed by atoms with Crippen LogP contribution in [0.4, 0.5) is 0 Å². The average molecular weight is 289 g/mol. The predicted molar refractivity (Wildman–Crippen MR) is 70.9 cm³/mol. The molecule has 0 radical (unpaired) electrons. The number of carbonyl (C=O) groups excluding carboxylic acids is 2. The minimum absolute atomic E-state index is 0.168. The Morgan fingerprint density at radius 3 is 2.20 bits per heavy atom. The van der Waals surface area contributed by atoms with Gasteiger partial charge in [0, 0.05) is 0 Å². The topological polar surface area (TPSA) is 116 Å². The van der Waals surface area contributed by atoms with E-state index in [0.29, 0.717) is 6.61 Å². The highest BCUT2D eigenvalue weighted by Gasteiger charge is 2.42. The molecule has 0 bridgehead atoms. The molecular weight excluding hydrogens is 266 g/mol. The molecule has 7 nitrogen and oxygen atoms in total. The molecule has 116 valence electrons. The Balaban J connectivity index is 4.48. The standard InChI is InChI=1S/C13H23NO6/c1-5-6-7-19-9(15)8-12(2,3)20-11(18)13(4,14)10(16)17/h5-8,14H2,1-4H3,(H,16,17)/t13-/m0/s1. The second-order valence-corrected chi connectivity index (χ2v) is 5.41. The molecular formula is C13H23NO6. The molecule has 1 atom stereocenters. The molecule has 0 aliphatic rings. The van der Waals surface area contributed by atoms with Crippen LogP contribution in [0.15, 0.2) is 0 Å². The van der Waals surface area contributed by atoms with Crippen molar-refractivity contribution in [2.75, 3.05) is 6.61 Å².